The van der Waals surface area contributed by atoms with Crippen molar-refractivity contribution < 1.29 is 9.66 Å². The summed E-state index contributed by atoms with van der Waals surface area (Å²) < 4.78 is 5.96. The minimum atomic E-state index is -0.558. The molecule has 3 rings (SSSR count). The molecular weight excluding hydrogens is 320 g/mol. The lowest BCUT2D eigenvalue weighted by atomic mass is 9.89. The maximum atomic E-state index is 10.8. The van der Waals surface area contributed by atoms with E-state index < -0.39 is 4.92 Å². The molecule has 0 amide bonds. The molecule has 1 aromatic heterocycles. The van der Waals surface area contributed by atoms with Crippen molar-refractivity contribution in [2.24, 2.45) is 5.92 Å². The Kier molecular flexibility index (Phi) is 5.21. The number of nitriles is 1. The van der Waals surface area contributed by atoms with E-state index in [2.05, 4.69) is 10.3 Å². The van der Waals surface area contributed by atoms with Crippen molar-refractivity contribution in [2.75, 3.05) is 18.5 Å². The van der Waals surface area contributed by atoms with Crippen molar-refractivity contribution in [1.82, 2.24) is 4.98 Å². The van der Waals surface area contributed by atoms with Gasteiger partial charge in [-0.2, -0.15) is 5.26 Å². The Hall–Kier alpha value is -2.98. The monoisotopic (exact) mass is 338 g/mol. The van der Waals surface area contributed by atoms with Crippen LogP contribution >= 0.6 is 0 Å². The van der Waals surface area contributed by atoms with Gasteiger partial charge in [0.15, 0.2) is 0 Å². The first kappa shape index (κ1) is 16.9. The summed E-state index contributed by atoms with van der Waals surface area (Å²) in [5, 5.41) is 23.2. The van der Waals surface area contributed by atoms with Crippen LogP contribution in [0.1, 0.15) is 30.1 Å². The standard InChI is InChI=1S/C18H18N4O3/c19-10-15-9-16(22(23)24)12-21-18(15)20-11-14-7-4-8-25-17(14)13-5-2-1-3-6-13/h1-3,5-6,9,12,14,17H,4,7-8,11H2,(H,20,21)/t14-,17+/m0/s1. The number of hydrogen-bond acceptors (Lipinski definition) is 6. The quantitative estimate of drug-likeness (QED) is 0.662. The topological polar surface area (TPSA) is 101 Å². The van der Waals surface area contributed by atoms with Crippen molar-refractivity contribution >= 4 is 11.5 Å². The average Bonchev–Trinajstić information content (AvgIpc) is 2.67. The van der Waals surface area contributed by atoms with Crippen LogP contribution in [0.5, 0.6) is 0 Å². The van der Waals surface area contributed by atoms with Crippen LogP contribution in [0.2, 0.25) is 0 Å². The fourth-order valence-corrected chi connectivity index (χ4v) is 3.07. The summed E-state index contributed by atoms with van der Waals surface area (Å²) >= 11 is 0. The summed E-state index contributed by atoms with van der Waals surface area (Å²) in [4.78, 5) is 14.3. The minimum absolute atomic E-state index is 0.00830. The van der Waals surface area contributed by atoms with E-state index in [0.717, 1.165) is 31.2 Å². The van der Waals surface area contributed by atoms with Crippen molar-refractivity contribution in [3.8, 4) is 6.07 Å². The molecule has 0 radical (unpaired) electrons. The number of anilines is 1. The highest BCUT2D eigenvalue weighted by atomic mass is 16.6. The number of aromatic nitrogens is 1. The predicted octanol–water partition coefficient (Wildman–Crippen LogP) is 3.44. The van der Waals surface area contributed by atoms with E-state index in [1.807, 2.05) is 36.4 Å². The van der Waals surface area contributed by atoms with Crippen LogP contribution in [0.15, 0.2) is 42.6 Å². The highest BCUT2D eigenvalue weighted by Gasteiger charge is 2.27. The first-order valence-corrected chi connectivity index (χ1v) is 8.14. The van der Waals surface area contributed by atoms with E-state index in [4.69, 9.17) is 4.74 Å². The van der Waals surface area contributed by atoms with Gasteiger partial charge in [-0.05, 0) is 18.4 Å². The molecule has 2 aromatic rings. The van der Waals surface area contributed by atoms with Crippen molar-refractivity contribution in [1.29, 1.82) is 5.26 Å². The molecule has 1 N–H and O–H groups in total. The van der Waals surface area contributed by atoms with Gasteiger partial charge in [-0.25, -0.2) is 4.98 Å². The molecule has 0 aliphatic carbocycles. The lowest BCUT2D eigenvalue weighted by Gasteiger charge is -2.32. The molecule has 0 unspecified atom stereocenters. The first-order valence-electron chi connectivity index (χ1n) is 8.14. The fraction of sp³-hybridized carbons (Fsp3) is 0.333. The number of rotatable bonds is 5. The summed E-state index contributed by atoms with van der Waals surface area (Å²) in [6.45, 7) is 1.31. The molecule has 1 aliphatic rings. The second kappa shape index (κ2) is 7.73. The third kappa shape index (κ3) is 3.92. The second-order valence-electron chi connectivity index (χ2n) is 5.94. The molecule has 0 spiro atoms. The maximum absolute atomic E-state index is 10.8. The van der Waals surface area contributed by atoms with E-state index in [0.29, 0.717) is 12.4 Å². The molecule has 0 bridgehead atoms. The number of pyridine rings is 1. The van der Waals surface area contributed by atoms with Crippen LogP contribution in [0.3, 0.4) is 0 Å². The highest BCUT2D eigenvalue weighted by molar-refractivity contribution is 5.55. The van der Waals surface area contributed by atoms with Crippen molar-refractivity contribution in [3.63, 3.8) is 0 Å². The Balaban J connectivity index is 1.73. The summed E-state index contributed by atoms with van der Waals surface area (Å²) in [5.41, 5.74) is 1.11. The zero-order valence-electron chi connectivity index (χ0n) is 13.6. The molecular formula is C18H18N4O3. The Morgan fingerprint density at radius 1 is 1.40 bits per heavy atom. The van der Waals surface area contributed by atoms with Crippen molar-refractivity contribution in [2.45, 2.75) is 18.9 Å². The van der Waals surface area contributed by atoms with Gasteiger partial charge < -0.3 is 10.1 Å². The largest absolute Gasteiger partial charge is 0.373 e. The van der Waals surface area contributed by atoms with E-state index >= 15 is 0 Å². The number of benzene rings is 1. The molecule has 1 aromatic carbocycles. The average molecular weight is 338 g/mol. The van der Waals surface area contributed by atoms with Crippen LogP contribution in [-0.4, -0.2) is 23.1 Å². The van der Waals surface area contributed by atoms with Crippen LogP contribution in [0, 0.1) is 27.4 Å². The lowest BCUT2D eigenvalue weighted by molar-refractivity contribution is -0.385. The van der Waals surface area contributed by atoms with Gasteiger partial charge in [0.25, 0.3) is 5.69 Å². The van der Waals surface area contributed by atoms with E-state index in [9.17, 15) is 15.4 Å². The second-order valence-corrected chi connectivity index (χ2v) is 5.94. The van der Waals surface area contributed by atoms with E-state index in [1.54, 1.807) is 0 Å². The summed E-state index contributed by atoms with van der Waals surface area (Å²) in [7, 11) is 0. The number of hydrogen-bond donors (Lipinski definition) is 1. The Morgan fingerprint density at radius 3 is 2.92 bits per heavy atom. The first-order chi connectivity index (χ1) is 12.2. The van der Waals surface area contributed by atoms with E-state index in [-0.39, 0.29) is 23.3 Å². The lowest BCUT2D eigenvalue weighted by Crippen LogP contribution is -2.28. The third-order valence-electron chi connectivity index (χ3n) is 4.31. The number of nitro groups is 1. The molecule has 1 fully saturated rings. The molecule has 25 heavy (non-hydrogen) atoms. The number of nitrogens with zero attached hydrogens (tertiary/aromatic N) is 3. The SMILES string of the molecule is N#Cc1cc([N+](=O)[O-])cnc1NC[C@@H]1CCCO[C@@H]1c1ccccc1. The van der Waals surface area contributed by atoms with E-state index in [1.165, 1.54) is 6.07 Å². The van der Waals surface area contributed by atoms with Gasteiger partial charge in [0.2, 0.25) is 0 Å². The smallest absolute Gasteiger partial charge is 0.289 e. The van der Waals surface area contributed by atoms with Gasteiger partial charge in [-0.1, -0.05) is 30.3 Å². The van der Waals surface area contributed by atoms with Gasteiger partial charge in [0, 0.05) is 25.1 Å². The molecule has 2 atom stereocenters. The summed E-state index contributed by atoms with van der Waals surface area (Å²) in [6, 6.07) is 13.2. The molecule has 2 heterocycles. The highest BCUT2D eigenvalue weighted by Crippen LogP contribution is 2.33. The minimum Gasteiger partial charge on any atom is -0.373 e. The molecule has 1 aliphatic heterocycles. The Morgan fingerprint density at radius 2 is 2.20 bits per heavy atom. The van der Waals surface area contributed by atoms with Crippen LogP contribution < -0.4 is 5.32 Å². The van der Waals surface area contributed by atoms with Gasteiger partial charge in [-0.3, -0.25) is 10.1 Å². The predicted molar refractivity (Wildman–Crippen MR) is 92.0 cm³/mol. The van der Waals surface area contributed by atoms with Crippen molar-refractivity contribution in [3.05, 3.63) is 63.8 Å². The summed E-state index contributed by atoms with van der Waals surface area (Å²) in [6.07, 6.45) is 3.14. The van der Waals surface area contributed by atoms with Gasteiger partial charge in [0.1, 0.15) is 23.6 Å². The van der Waals surface area contributed by atoms with Gasteiger partial charge in [-0.15, -0.1) is 0 Å². The molecule has 1 saturated heterocycles. The molecule has 7 heteroatoms. The Labute approximate surface area is 145 Å². The maximum Gasteiger partial charge on any atom is 0.289 e. The molecule has 0 saturated carbocycles. The number of nitrogens with one attached hydrogen (secondary N) is 1. The van der Waals surface area contributed by atoms with Crippen LogP contribution in [0.25, 0.3) is 0 Å². The normalized spacial score (nSPS) is 19.8. The Bertz CT molecular complexity index is 789. The molecule has 7 nitrogen and oxygen atoms in total. The molecule has 128 valence electrons. The van der Waals surface area contributed by atoms with Crippen LogP contribution in [0.4, 0.5) is 11.5 Å². The third-order valence-corrected chi connectivity index (χ3v) is 4.31. The van der Waals surface area contributed by atoms with Gasteiger partial charge >= 0.3 is 0 Å². The summed E-state index contributed by atoms with van der Waals surface area (Å²) in [5.74, 6) is 0.602. The zero-order chi connectivity index (χ0) is 17.6. The fourth-order valence-electron chi connectivity index (χ4n) is 3.07. The van der Waals surface area contributed by atoms with Crippen LogP contribution in [-0.2, 0) is 4.74 Å². The van der Waals surface area contributed by atoms with Gasteiger partial charge in [0.05, 0.1) is 11.0 Å². The zero-order valence-corrected chi connectivity index (χ0v) is 13.6. The number of ether oxygens (including phenoxy) is 1.